The maximum atomic E-state index is 12.1. The maximum absolute atomic E-state index is 12.1. The minimum Gasteiger partial charge on any atom is -0.481 e. The van der Waals surface area contributed by atoms with Crippen LogP contribution in [0.3, 0.4) is 0 Å². The number of carboxylic acid groups (broad SMARTS) is 1. The predicted octanol–water partition coefficient (Wildman–Crippen LogP) is 2.07. The van der Waals surface area contributed by atoms with Crippen LogP contribution in [0.4, 0.5) is 4.79 Å². The molecule has 1 heterocycles. The summed E-state index contributed by atoms with van der Waals surface area (Å²) in [4.78, 5) is 25.1. The van der Waals surface area contributed by atoms with E-state index in [1.807, 2.05) is 0 Å². The van der Waals surface area contributed by atoms with Crippen LogP contribution in [-0.2, 0) is 4.79 Å². The number of amides is 2. The van der Waals surface area contributed by atoms with Crippen LogP contribution in [0.25, 0.3) is 0 Å². The minimum atomic E-state index is -0.805. The van der Waals surface area contributed by atoms with Crippen molar-refractivity contribution in [1.82, 2.24) is 10.2 Å². The number of carboxylic acids is 1. The van der Waals surface area contributed by atoms with Gasteiger partial charge in [-0.3, -0.25) is 4.79 Å². The van der Waals surface area contributed by atoms with E-state index in [2.05, 4.69) is 12.2 Å². The molecule has 1 aliphatic heterocycles. The topological polar surface area (TPSA) is 69.6 Å². The smallest absolute Gasteiger partial charge is 0.317 e. The van der Waals surface area contributed by atoms with E-state index in [0.717, 1.165) is 25.7 Å². The number of aliphatic carboxylic acids is 1. The molecule has 2 amide bonds. The van der Waals surface area contributed by atoms with Crippen LogP contribution < -0.4 is 5.32 Å². The number of rotatable bonds is 4. The second-order valence-corrected chi connectivity index (χ2v) is 6.23. The standard InChI is InChI=1S/C14H24N2O3/c1-3-5-10-8-11(10)15-13(19)16-7-4-6-14(2,9-16)12(17)18/h10-11H,3-9H2,1-2H3,(H,15,19)(H,17,18). The normalized spacial score (nSPS) is 33.9. The number of hydrogen-bond donors (Lipinski definition) is 2. The van der Waals surface area contributed by atoms with Crippen LogP contribution in [0.1, 0.15) is 46.0 Å². The van der Waals surface area contributed by atoms with Crippen LogP contribution in [0.5, 0.6) is 0 Å². The largest absolute Gasteiger partial charge is 0.481 e. The maximum Gasteiger partial charge on any atom is 0.317 e. The second kappa shape index (κ2) is 5.39. The highest BCUT2D eigenvalue weighted by Crippen LogP contribution is 2.35. The number of likely N-dealkylation sites (tertiary alicyclic amines) is 1. The number of nitrogens with zero attached hydrogens (tertiary/aromatic N) is 1. The Morgan fingerprint density at radius 3 is 2.84 bits per heavy atom. The number of carbonyl (C=O) groups is 2. The Hall–Kier alpha value is -1.26. The van der Waals surface area contributed by atoms with Crippen molar-refractivity contribution < 1.29 is 14.7 Å². The summed E-state index contributed by atoms with van der Waals surface area (Å²) in [6, 6.07) is 0.223. The van der Waals surface area contributed by atoms with Gasteiger partial charge < -0.3 is 15.3 Å². The SMILES string of the molecule is CCCC1CC1NC(=O)N1CCCC(C)(C(=O)O)C1. The van der Waals surface area contributed by atoms with Crippen LogP contribution >= 0.6 is 0 Å². The molecule has 19 heavy (non-hydrogen) atoms. The van der Waals surface area contributed by atoms with Gasteiger partial charge in [0.1, 0.15) is 0 Å². The van der Waals surface area contributed by atoms with Crippen LogP contribution in [0.15, 0.2) is 0 Å². The van der Waals surface area contributed by atoms with E-state index in [1.165, 1.54) is 0 Å². The first kappa shape index (κ1) is 14.2. The fourth-order valence-corrected chi connectivity index (χ4v) is 2.95. The van der Waals surface area contributed by atoms with Gasteiger partial charge >= 0.3 is 12.0 Å². The summed E-state index contributed by atoms with van der Waals surface area (Å²) >= 11 is 0. The molecule has 2 aliphatic rings. The van der Waals surface area contributed by atoms with Gasteiger partial charge in [-0.2, -0.15) is 0 Å². The quantitative estimate of drug-likeness (QED) is 0.820. The summed E-state index contributed by atoms with van der Waals surface area (Å²) in [5, 5.41) is 12.3. The van der Waals surface area contributed by atoms with Gasteiger partial charge in [0.25, 0.3) is 0 Å². The number of nitrogens with one attached hydrogen (secondary N) is 1. The molecule has 1 saturated heterocycles. The van der Waals surface area contributed by atoms with E-state index in [1.54, 1.807) is 11.8 Å². The van der Waals surface area contributed by atoms with Gasteiger partial charge in [0.2, 0.25) is 0 Å². The van der Waals surface area contributed by atoms with Crippen LogP contribution in [0, 0.1) is 11.3 Å². The van der Waals surface area contributed by atoms with Crippen molar-refractivity contribution in [3.8, 4) is 0 Å². The third kappa shape index (κ3) is 3.19. The molecule has 0 spiro atoms. The number of hydrogen-bond acceptors (Lipinski definition) is 2. The van der Waals surface area contributed by atoms with Gasteiger partial charge in [-0.15, -0.1) is 0 Å². The van der Waals surface area contributed by atoms with Crippen molar-refractivity contribution in [1.29, 1.82) is 0 Å². The first-order chi connectivity index (χ1) is 8.96. The number of carbonyl (C=O) groups excluding carboxylic acids is 1. The summed E-state index contributed by atoms with van der Waals surface area (Å²) < 4.78 is 0. The van der Waals surface area contributed by atoms with Gasteiger partial charge in [-0.25, -0.2) is 4.79 Å². The number of urea groups is 1. The van der Waals surface area contributed by atoms with Crippen molar-refractivity contribution in [3.63, 3.8) is 0 Å². The molecule has 2 fully saturated rings. The Labute approximate surface area is 114 Å². The van der Waals surface area contributed by atoms with Gasteiger partial charge in [0.15, 0.2) is 0 Å². The van der Waals surface area contributed by atoms with E-state index in [0.29, 0.717) is 31.5 Å². The lowest BCUT2D eigenvalue weighted by molar-refractivity contribution is -0.150. The molecular formula is C14H24N2O3. The first-order valence-corrected chi connectivity index (χ1v) is 7.25. The Morgan fingerprint density at radius 1 is 1.47 bits per heavy atom. The first-order valence-electron chi connectivity index (χ1n) is 7.25. The van der Waals surface area contributed by atoms with Crippen molar-refractivity contribution in [2.75, 3.05) is 13.1 Å². The number of piperidine rings is 1. The monoisotopic (exact) mass is 268 g/mol. The van der Waals surface area contributed by atoms with Gasteiger partial charge in [0.05, 0.1) is 5.41 Å². The van der Waals surface area contributed by atoms with Crippen LogP contribution in [-0.4, -0.2) is 41.1 Å². The molecule has 0 bridgehead atoms. The highest BCUT2D eigenvalue weighted by molar-refractivity contribution is 5.78. The van der Waals surface area contributed by atoms with E-state index >= 15 is 0 Å². The molecule has 5 heteroatoms. The van der Waals surface area contributed by atoms with Gasteiger partial charge in [0, 0.05) is 19.1 Å². The van der Waals surface area contributed by atoms with Crippen molar-refractivity contribution in [2.24, 2.45) is 11.3 Å². The summed E-state index contributed by atoms with van der Waals surface area (Å²) in [5.74, 6) is -0.176. The average molecular weight is 268 g/mol. The molecule has 1 saturated carbocycles. The Bertz CT molecular complexity index is 372. The summed E-state index contributed by atoms with van der Waals surface area (Å²) in [6.07, 6.45) is 4.80. The highest BCUT2D eigenvalue weighted by atomic mass is 16.4. The van der Waals surface area contributed by atoms with Crippen molar-refractivity contribution in [2.45, 2.75) is 52.0 Å². The fourth-order valence-electron chi connectivity index (χ4n) is 2.95. The highest BCUT2D eigenvalue weighted by Gasteiger charge is 2.42. The Morgan fingerprint density at radius 2 is 2.21 bits per heavy atom. The molecule has 3 atom stereocenters. The van der Waals surface area contributed by atoms with E-state index in [-0.39, 0.29) is 6.03 Å². The molecule has 2 N–H and O–H groups in total. The van der Waals surface area contributed by atoms with E-state index in [4.69, 9.17) is 0 Å². The summed E-state index contributed by atoms with van der Waals surface area (Å²) in [6.45, 7) is 4.87. The molecular weight excluding hydrogens is 244 g/mol. The lowest BCUT2D eigenvalue weighted by atomic mass is 9.82. The zero-order chi connectivity index (χ0) is 14.0. The molecule has 0 radical (unpaired) electrons. The molecule has 1 aliphatic carbocycles. The third-order valence-electron chi connectivity index (χ3n) is 4.39. The van der Waals surface area contributed by atoms with E-state index in [9.17, 15) is 14.7 Å². The predicted molar refractivity (Wildman–Crippen MR) is 71.9 cm³/mol. The zero-order valence-corrected chi connectivity index (χ0v) is 11.8. The molecule has 3 unspecified atom stereocenters. The van der Waals surface area contributed by atoms with Crippen molar-refractivity contribution in [3.05, 3.63) is 0 Å². The molecule has 5 nitrogen and oxygen atoms in total. The Kier molecular flexibility index (Phi) is 4.02. The van der Waals surface area contributed by atoms with Gasteiger partial charge in [-0.1, -0.05) is 13.3 Å². The van der Waals surface area contributed by atoms with E-state index < -0.39 is 11.4 Å². The van der Waals surface area contributed by atoms with Gasteiger partial charge in [-0.05, 0) is 38.5 Å². The Balaban J connectivity index is 1.84. The lowest BCUT2D eigenvalue weighted by Crippen LogP contribution is -2.52. The molecule has 0 aromatic rings. The molecule has 108 valence electrons. The summed E-state index contributed by atoms with van der Waals surface area (Å²) in [5.41, 5.74) is -0.790. The molecule has 0 aromatic heterocycles. The fraction of sp³-hybridized carbons (Fsp3) is 0.857. The molecule has 0 aromatic carbocycles. The van der Waals surface area contributed by atoms with Crippen molar-refractivity contribution >= 4 is 12.0 Å². The zero-order valence-electron chi connectivity index (χ0n) is 11.8. The minimum absolute atomic E-state index is 0.0872. The second-order valence-electron chi connectivity index (χ2n) is 6.23. The van der Waals surface area contributed by atoms with Crippen LogP contribution in [0.2, 0.25) is 0 Å². The summed E-state index contributed by atoms with van der Waals surface area (Å²) in [7, 11) is 0. The third-order valence-corrected chi connectivity index (χ3v) is 4.39. The lowest BCUT2D eigenvalue weighted by Gasteiger charge is -2.37. The average Bonchev–Trinajstić information content (AvgIpc) is 3.07. The molecule has 2 rings (SSSR count).